The second-order valence-corrected chi connectivity index (χ2v) is 4.58. The Morgan fingerprint density at radius 2 is 2.33 bits per heavy atom. The molecule has 1 saturated heterocycles. The highest BCUT2D eigenvalue weighted by atomic mass is 16.6. The van der Waals surface area contributed by atoms with Gasteiger partial charge in [0.2, 0.25) is 5.60 Å². The number of rotatable bonds is 2. The lowest BCUT2D eigenvalue weighted by Gasteiger charge is -2.24. The number of anilines is 1. The van der Waals surface area contributed by atoms with Crippen molar-refractivity contribution in [3.8, 4) is 6.07 Å². The van der Waals surface area contributed by atoms with Crippen LogP contribution in [0.25, 0.3) is 5.52 Å². The summed E-state index contributed by atoms with van der Waals surface area (Å²) < 4.78 is 29.8. The van der Waals surface area contributed by atoms with Gasteiger partial charge in [-0.25, -0.2) is 9.50 Å². The summed E-state index contributed by atoms with van der Waals surface area (Å²) in [7, 11) is 0. The Labute approximate surface area is 123 Å². The first-order chi connectivity index (χ1) is 11.3. The van der Waals surface area contributed by atoms with Gasteiger partial charge in [0.25, 0.3) is 0 Å². The monoisotopic (exact) mass is 297 g/mol. The third-order valence-electron chi connectivity index (χ3n) is 3.44. The van der Waals surface area contributed by atoms with E-state index in [1.807, 2.05) is 0 Å². The van der Waals surface area contributed by atoms with E-state index in [0.717, 1.165) is 4.52 Å². The van der Waals surface area contributed by atoms with Crippen molar-refractivity contribution in [1.29, 1.82) is 5.26 Å². The highest BCUT2D eigenvalue weighted by molar-refractivity contribution is 5.66. The van der Waals surface area contributed by atoms with Gasteiger partial charge in [0.15, 0.2) is 5.82 Å². The summed E-state index contributed by atoms with van der Waals surface area (Å²) >= 11 is 0. The zero-order valence-corrected chi connectivity index (χ0v) is 10.6. The summed E-state index contributed by atoms with van der Waals surface area (Å²) in [6, 6.07) is 0.752. The number of nitriles is 1. The highest BCUT2D eigenvalue weighted by Crippen LogP contribution is 2.40. The molecule has 0 aromatic carbocycles. The van der Waals surface area contributed by atoms with E-state index in [9.17, 15) is 20.6 Å². The third-order valence-corrected chi connectivity index (χ3v) is 3.44. The molecular weight excluding hydrogens is 281 g/mol. The van der Waals surface area contributed by atoms with E-state index >= 15 is 0 Å². The molecule has 2 aromatic rings. The number of nitrogens with two attached hydrogens (primary N) is 1. The molecular formula is C12H13N5O4. The number of hydrogen-bond acceptors (Lipinski definition) is 8. The van der Waals surface area contributed by atoms with Crippen molar-refractivity contribution < 1.29 is 24.2 Å². The molecule has 1 fully saturated rings. The Morgan fingerprint density at radius 1 is 1.57 bits per heavy atom. The molecule has 4 atom stereocenters. The van der Waals surface area contributed by atoms with Crippen molar-refractivity contribution in [3.05, 3.63) is 24.1 Å². The zero-order chi connectivity index (χ0) is 17.8. The van der Waals surface area contributed by atoms with Gasteiger partial charge in [0, 0.05) is 0 Å². The summed E-state index contributed by atoms with van der Waals surface area (Å²) in [6.07, 6.45) is -5.21. The van der Waals surface area contributed by atoms with Gasteiger partial charge in [-0.3, -0.25) is 0 Å². The van der Waals surface area contributed by atoms with Crippen LogP contribution in [0, 0.1) is 11.3 Å². The molecule has 9 nitrogen and oxygen atoms in total. The predicted octanol–water partition coefficient (Wildman–Crippen LogP) is -1.86. The lowest BCUT2D eigenvalue weighted by molar-refractivity contribution is -0.0643. The van der Waals surface area contributed by atoms with E-state index in [0.29, 0.717) is 0 Å². The lowest BCUT2D eigenvalue weighted by Crippen LogP contribution is -2.40. The standard InChI is InChI=1S/C12H13N5O4/c13-4-12(10(20)9(19)7(3-18)21-12)8-2-1-6-11(14)15-5-16-17(6)8/h1-2,5,7,9-10,18-20H,3H2,(H2,14,15,16)/t7-,9-,10-,12+/m1/s1/i1D,2D,5+1D,14+1,15+1. The molecule has 3 heterocycles. The smallest absolute Gasteiger partial charge is 0.225 e. The van der Waals surface area contributed by atoms with Crippen molar-refractivity contribution in [1.82, 2.24) is 14.6 Å². The summed E-state index contributed by atoms with van der Waals surface area (Å²) in [5.41, 5.74) is 2.91. The summed E-state index contributed by atoms with van der Waals surface area (Å²) in [6.45, 7) is -0.674. The van der Waals surface area contributed by atoms with Gasteiger partial charge < -0.3 is 25.8 Å². The van der Waals surface area contributed by atoms with Gasteiger partial charge >= 0.3 is 0 Å². The van der Waals surface area contributed by atoms with Crippen molar-refractivity contribution in [2.24, 2.45) is 0 Å². The average Bonchev–Trinajstić information content (AvgIpc) is 2.93. The molecule has 1 aliphatic heterocycles. The zero-order valence-electron chi connectivity index (χ0n) is 13.6. The quantitative estimate of drug-likeness (QED) is 0.471. The van der Waals surface area contributed by atoms with Crippen LogP contribution in [-0.4, -0.2) is 54.8 Å². The van der Waals surface area contributed by atoms with Crippen LogP contribution in [0.1, 0.15) is 9.81 Å². The molecule has 0 aliphatic carbocycles. The van der Waals surface area contributed by atoms with Gasteiger partial charge in [-0.2, -0.15) is 10.4 Å². The minimum absolute atomic E-state index is 0.127. The Morgan fingerprint density at radius 3 is 2.95 bits per heavy atom. The van der Waals surface area contributed by atoms with Crippen LogP contribution >= 0.6 is 0 Å². The van der Waals surface area contributed by atoms with Gasteiger partial charge in [-0.05, 0) is 12.1 Å². The molecule has 0 radical (unpaired) electrons. The number of nitrogens with zero attached hydrogens (tertiary/aromatic N) is 4. The molecule has 3 rings (SSSR count). The largest absolute Gasteiger partial charge is 0.394 e. The van der Waals surface area contributed by atoms with Crippen LogP contribution in [0.15, 0.2) is 18.4 Å². The fourth-order valence-corrected chi connectivity index (χ4v) is 2.34. The molecule has 0 spiro atoms. The van der Waals surface area contributed by atoms with Crippen molar-refractivity contribution in [2.45, 2.75) is 23.9 Å². The molecule has 0 unspecified atom stereocenters. The Balaban J connectivity index is 2.37. The second kappa shape index (κ2) is 4.64. The van der Waals surface area contributed by atoms with Crippen LogP contribution in [0.4, 0.5) is 5.82 Å². The molecule has 0 saturated carbocycles. The van der Waals surface area contributed by atoms with E-state index in [2.05, 4.69) is 10.1 Å². The molecule has 0 amide bonds. The Hall–Kier alpha value is -2.25. The fourth-order valence-electron chi connectivity index (χ4n) is 2.34. The Kier molecular flexibility index (Phi) is 2.32. The molecule has 1 aliphatic rings. The molecule has 110 valence electrons. The van der Waals surface area contributed by atoms with E-state index in [1.165, 1.54) is 0 Å². The van der Waals surface area contributed by atoms with Crippen molar-refractivity contribution in [3.63, 3.8) is 0 Å². The van der Waals surface area contributed by atoms with E-state index in [1.54, 1.807) is 6.07 Å². The van der Waals surface area contributed by atoms with Crippen LogP contribution in [0.2, 0.25) is 0 Å². The minimum atomic E-state index is -2.26. The molecule has 9 heteroatoms. The first-order valence-electron chi connectivity index (χ1n) is 7.47. The average molecular weight is 297 g/mol. The predicted molar refractivity (Wildman–Crippen MR) is 68.7 cm³/mol. The molecule has 2 aromatic heterocycles. The van der Waals surface area contributed by atoms with E-state index < -0.39 is 48.9 Å². The number of ether oxygens (including phenoxy) is 1. The summed E-state index contributed by atoms with van der Waals surface area (Å²) in [5.74, 6) is -0.250. The SMILES string of the molecule is [2H]c1c([2H])c2c([15NH2])[15n][13c]([2H])nn2c1[C@]1(C#N)O[C@H](CO)[C@@H](O)[C@H]1O. The second-order valence-electron chi connectivity index (χ2n) is 4.58. The number of aliphatic hydroxyl groups is 3. The van der Waals surface area contributed by atoms with Crippen LogP contribution < -0.4 is 5.73 Å². The van der Waals surface area contributed by atoms with Gasteiger partial charge in [0.1, 0.15) is 37.6 Å². The third kappa shape index (κ3) is 1.71. The lowest BCUT2D eigenvalue weighted by atomic mass is 9.92. The summed E-state index contributed by atoms with van der Waals surface area (Å²) in [4.78, 5) is 3.59. The Bertz CT molecular complexity index is 869. The molecule has 21 heavy (non-hydrogen) atoms. The number of aromatic nitrogens is 3. The van der Waals surface area contributed by atoms with Gasteiger partial charge in [-0.1, -0.05) is 0 Å². The molecule has 5 N–H and O–H groups in total. The van der Waals surface area contributed by atoms with E-state index in [-0.39, 0.29) is 17.0 Å². The van der Waals surface area contributed by atoms with Gasteiger partial charge in [-0.15, -0.1) is 0 Å². The number of hydrogen-bond donors (Lipinski definition) is 4. The minimum Gasteiger partial charge on any atom is -0.394 e. The first kappa shape index (κ1) is 10.5. The molecule has 0 bridgehead atoms. The maximum atomic E-state index is 10.3. The highest BCUT2D eigenvalue weighted by Gasteiger charge is 2.57. The van der Waals surface area contributed by atoms with Crippen molar-refractivity contribution >= 4 is 11.3 Å². The van der Waals surface area contributed by atoms with E-state index in [4.69, 9.17) is 14.6 Å². The maximum Gasteiger partial charge on any atom is 0.225 e. The fraction of sp³-hybridized carbons (Fsp3) is 0.417. The normalized spacial score (nSPS) is 34.4. The maximum absolute atomic E-state index is 10.3. The number of nitrogen functional groups attached to an aromatic ring is 1. The van der Waals surface area contributed by atoms with Crippen LogP contribution in [-0.2, 0) is 10.3 Å². The van der Waals surface area contributed by atoms with Crippen LogP contribution in [0.5, 0.6) is 0 Å². The number of fused-ring (bicyclic) bond motifs is 1. The number of aliphatic hydroxyl groups excluding tert-OH is 3. The van der Waals surface area contributed by atoms with Gasteiger partial charge in [0.05, 0.1) is 15.0 Å². The van der Waals surface area contributed by atoms with Crippen molar-refractivity contribution in [2.75, 3.05) is 12.3 Å². The summed E-state index contributed by atoms with van der Waals surface area (Å²) in [5, 5.41) is 42.8. The van der Waals surface area contributed by atoms with Crippen LogP contribution in [0.3, 0.4) is 0 Å². The topological polar surface area (TPSA) is 150 Å². The first-order valence-corrected chi connectivity index (χ1v) is 5.97.